The lowest BCUT2D eigenvalue weighted by atomic mass is 10.0. The van der Waals surface area contributed by atoms with E-state index in [1.807, 2.05) is 50.7 Å². The fraction of sp³-hybridized carbons (Fsp3) is 0.526. The standard InChI is InChI=1S/C19H25N3O4/c1-12-6-16-14(7-15(12)17(23)25-5)11-22(20-16)10-13-8-21(9-13)18(24)26-19(2,3)4/h6-7,11,13H,8-10H2,1-5H3. The van der Waals surface area contributed by atoms with E-state index in [4.69, 9.17) is 9.47 Å². The molecule has 3 rings (SSSR count). The molecule has 1 amide bonds. The lowest BCUT2D eigenvalue weighted by Gasteiger charge is -2.39. The Kier molecular flexibility index (Phi) is 4.64. The molecule has 0 aliphatic carbocycles. The molecule has 140 valence electrons. The number of esters is 1. The second kappa shape index (κ2) is 6.63. The first-order valence-corrected chi connectivity index (χ1v) is 8.70. The molecular weight excluding hydrogens is 334 g/mol. The largest absolute Gasteiger partial charge is 0.465 e. The molecule has 0 saturated carbocycles. The first-order chi connectivity index (χ1) is 12.2. The summed E-state index contributed by atoms with van der Waals surface area (Å²) >= 11 is 0. The van der Waals surface area contributed by atoms with E-state index in [0.29, 0.717) is 24.6 Å². The summed E-state index contributed by atoms with van der Waals surface area (Å²) in [6, 6.07) is 3.71. The van der Waals surface area contributed by atoms with Crippen LogP contribution in [0.5, 0.6) is 0 Å². The van der Waals surface area contributed by atoms with Gasteiger partial charge in [-0.1, -0.05) is 0 Å². The molecule has 1 aromatic heterocycles. The van der Waals surface area contributed by atoms with E-state index in [1.165, 1.54) is 7.11 Å². The number of aryl methyl sites for hydroxylation is 1. The Labute approximate surface area is 152 Å². The Balaban J connectivity index is 1.64. The third-order valence-corrected chi connectivity index (χ3v) is 4.36. The number of likely N-dealkylation sites (tertiary alicyclic amines) is 1. The number of hydrogen-bond acceptors (Lipinski definition) is 5. The zero-order chi connectivity index (χ0) is 19.1. The van der Waals surface area contributed by atoms with Crippen LogP contribution in [0.4, 0.5) is 4.79 Å². The number of fused-ring (bicyclic) bond motifs is 1. The Morgan fingerprint density at radius 2 is 1.96 bits per heavy atom. The van der Waals surface area contributed by atoms with Crippen molar-refractivity contribution in [1.29, 1.82) is 0 Å². The van der Waals surface area contributed by atoms with Gasteiger partial charge in [0.1, 0.15) is 5.60 Å². The van der Waals surface area contributed by atoms with Crippen molar-refractivity contribution in [1.82, 2.24) is 14.7 Å². The van der Waals surface area contributed by atoms with Crippen LogP contribution in [0.2, 0.25) is 0 Å². The minimum Gasteiger partial charge on any atom is -0.465 e. The van der Waals surface area contributed by atoms with Crippen LogP contribution in [-0.4, -0.2) is 52.5 Å². The van der Waals surface area contributed by atoms with E-state index in [2.05, 4.69) is 5.10 Å². The molecule has 7 heteroatoms. The number of nitrogens with zero attached hydrogens (tertiary/aromatic N) is 3. The van der Waals surface area contributed by atoms with Crippen molar-refractivity contribution < 1.29 is 19.1 Å². The van der Waals surface area contributed by atoms with Gasteiger partial charge in [-0.3, -0.25) is 4.68 Å². The van der Waals surface area contributed by atoms with E-state index in [0.717, 1.165) is 23.0 Å². The van der Waals surface area contributed by atoms with Crippen LogP contribution in [0, 0.1) is 12.8 Å². The summed E-state index contributed by atoms with van der Waals surface area (Å²) < 4.78 is 12.1. The van der Waals surface area contributed by atoms with Crippen LogP contribution in [0.3, 0.4) is 0 Å². The number of aromatic nitrogens is 2. The molecular formula is C19H25N3O4. The van der Waals surface area contributed by atoms with Gasteiger partial charge >= 0.3 is 12.1 Å². The molecule has 2 aromatic rings. The lowest BCUT2D eigenvalue weighted by Crippen LogP contribution is -2.52. The summed E-state index contributed by atoms with van der Waals surface area (Å²) in [7, 11) is 1.38. The van der Waals surface area contributed by atoms with Gasteiger partial charge in [-0.05, 0) is 45.4 Å². The van der Waals surface area contributed by atoms with Crippen LogP contribution in [0.1, 0.15) is 36.7 Å². The summed E-state index contributed by atoms with van der Waals surface area (Å²) in [6.07, 6.45) is 1.66. The van der Waals surface area contributed by atoms with Gasteiger partial charge in [-0.2, -0.15) is 5.10 Å². The average molecular weight is 359 g/mol. The van der Waals surface area contributed by atoms with E-state index < -0.39 is 5.60 Å². The van der Waals surface area contributed by atoms with Crippen LogP contribution in [0.15, 0.2) is 18.3 Å². The number of amides is 1. The highest BCUT2D eigenvalue weighted by atomic mass is 16.6. The second-order valence-corrected chi connectivity index (χ2v) is 7.82. The van der Waals surface area contributed by atoms with Gasteiger partial charge < -0.3 is 14.4 Å². The van der Waals surface area contributed by atoms with Crippen molar-refractivity contribution in [2.75, 3.05) is 20.2 Å². The van der Waals surface area contributed by atoms with Gasteiger partial charge in [0.05, 0.1) is 18.2 Å². The number of ether oxygens (including phenoxy) is 2. The Morgan fingerprint density at radius 1 is 1.27 bits per heavy atom. The third kappa shape index (κ3) is 3.81. The molecule has 0 bridgehead atoms. The first kappa shape index (κ1) is 18.2. The Morgan fingerprint density at radius 3 is 2.58 bits per heavy atom. The number of rotatable bonds is 3. The van der Waals surface area contributed by atoms with Crippen molar-refractivity contribution in [3.8, 4) is 0 Å². The summed E-state index contributed by atoms with van der Waals surface area (Å²) in [5.41, 5.74) is 1.77. The second-order valence-electron chi connectivity index (χ2n) is 7.82. The van der Waals surface area contributed by atoms with Gasteiger partial charge in [0.25, 0.3) is 0 Å². The van der Waals surface area contributed by atoms with Gasteiger partial charge in [0, 0.05) is 37.1 Å². The summed E-state index contributed by atoms with van der Waals surface area (Å²) in [5, 5.41) is 5.48. The number of methoxy groups -OCH3 is 1. The van der Waals surface area contributed by atoms with Crippen LogP contribution >= 0.6 is 0 Å². The van der Waals surface area contributed by atoms with Crippen molar-refractivity contribution in [3.05, 3.63) is 29.5 Å². The van der Waals surface area contributed by atoms with Crippen LogP contribution < -0.4 is 0 Å². The predicted molar refractivity (Wildman–Crippen MR) is 97.1 cm³/mol. The highest BCUT2D eigenvalue weighted by Gasteiger charge is 2.34. The third-order valence-electron chi connectivity index (χ3n) is 4.36. The molecule has 0 atom stereocenters. The molecule has 1 fully saturated rings. The minimum absolute atomic E-state index is 0.266. The lowest BCUT2D eigenvalue weighted by molar-refractivity contribution is -0.00382. The summed E-state index contributed by atoms with van der Waals surface area (Å²) in [4.78, 5) is 25.5. The van der Waals surface area contributed by atoms with E-state index >= 15 is 0 Å². The topological polar surface area (TPSA) is 73.7 Å². The molecule has 1 saturated heterocycles. The van der Waals surface area contributed by atoms with Gasteiger partial charge in [0.15, 0.2) is 0 Å². The minimum atomic E-state index is -0.475. The fourth-order valence-corrected chi connectivity index (χ4v) is 3.08. The maximum absolute atomic E-state index is 12.0. The summed E-state index contributed by atoms with van der Waals surface area (Å²) in [5.74, 6) is 0.00199. The smallest absolute Gasteiger partial charge is 0.410 e. The predicted octanol–water partition coefficient (Wildman–Crippen LogP) is 3.00. The van der Waals surface area contributed by atoms with Gasteiger partial charge in [-0.25, -0.2) is 9.59 Å². The zero-order valence-corrected chi connectivity index (χ0v) is 15.9. The number of carbonyl (C=O) groups is 2. The molecule has 1 aromatic carbocycles. The maximum Gasteiger partial charge on any atom is 0.410 e. The first-order valence-electron chi connectivity index (χ1n) is 8.70. The van der Waals surface area contributed by atoms with Crippen molar-refractivity contribution in [2.45, 2.75) is 39.8 Å². The van der Waals surface area contributed by atoms with E-state index in [-0.39, 0.29) is 12.1 Å². The molecule has 0 spiro atoms. The Hall–Kier alpha value is -2.57. The molecule has 0 N–H and O–H groups in total. The SMILES string of the molecule is COC(=O)c1cc2cn(CC3CN(C(=O)OC(C)(C)C)C3)nc2cc1C. The quantitative estimate of drug-likeness (QED) is 0.788. The maximum atomic E-state index is 12.0. The molecule has 1 aliphatic rings. The van der Waals surface area contributed by atoms with Crippen molar-refractivity contribution in [2.24, 2.45) is 5.92 Å². The van der Waals surface area contributed by atoms with E-state index in [1.54, 1.807) is 4.90 Å². The van der Waals surface area contributed by atoms with Crippen molar-refractivity contribution in [3.63, 3.8) is 0 Å². The Bertz CT molecular complexity index is 844. The average Bonchev–Trinajstić information content (AvgIpc) is 2.88. The molecule has 0 unspecified atom stereocenters. The highest BCUT2D eigenvalue weighted by molar-refractivity contribution is 5.96. The molecule has 0 radical (unpaired) electrons. The van der Waals surface area contributed by atoms with Crippen LogP contribution in [0.25, 0.3) is 10.9 Å². The number of benzene rings is 1. The molecule has 1 aliphatic heterocycles. The van der Waals surface area contributed by atoms with Gasteiger partial charge in [0.2, 0.25) is 0 Å². The van der Waals surface area contributed by atoms with Crippen molar-refractivity contribution >= 4 is 23.0 Å². The monoisotopic (exact) mass is 359 g/mol. The molecule has 26 heavy (non-hydrogen) atoms. The van der Waals surface area contributed by atoms with E-state index in [9.17, 15) is 9.59 Å². The normalized spacial score (nSPS) is 15.0. The molecule has 2 heterocycles. The number of hydrogen-bond donors (Lipinski definition) is 0. The zero-order valence-electron chi connectivity index (χ0n) is 15.9. The van der Waals surface area contributed by atoms with Crippen LogP contribution in [-0.2, 0) is 16.0 Å². The highest BCUT2D eigenvalue weighted by Crippen LogP contribution is 2.23. The molecule has 7 nitrogen and oxygen atoms in total. The van der Waals surface area contributed by atoms with Gasteiger partial charge in [-0.15, -0.1) is 0 Å². The number of carbonyl (C=O) groups excluding carboxylic acids is 2. The summed E-state index contributed by atoms with van der Waals surface area (Å²) in [6.45, 7) is 9.51. The fourth-order valence-electron chi connectivity index (χ4n) is 3.08.